The average molecular weight is 430 g/mol. The molecule has 30 heavy (non-hydrogen) atoms. The topological polar surface area (TPSA) is 60.9 Å². The molecule has 0 aromatic heterocycles. The highest BCUT2D eigenvalue weighted by Crippen LogP contribution is 2.22. The lowest BCUT2D eigenvalue weighted by molar-refractivity contribution is -0.131. The van der Waals surface area contributed by atoms with Crippen LogP contribution in [0.1, 0.15) is 24.0 Å². The van der Waals surface area contributed by atoms with Crippen molar-refractivity contribution < 1.29 is 13.2 Å². The minimum Gasteiger partial charge on any atom is -0.368 e. The molecule has 1 fully saturated rings. The molecule has 1 saturated heterocycles. The van der Waals surface area contributed by atoms with Gasteiger partial charge in [0.2, 0.25) is 15.9 Å². The molecular weight excluding hydrogens is 398 g/mol. The van der Waals surface area contributed by atoms with Gasteiger partial charge < -0.3 is 9.80 Å². The highest BCUT2D eigenvalue weighted by Gasteiger charge is 2.22. The molecule has 1 aliphatic heterocycles. The number of aryl methyl sites for hydroxylation is 2. The number of rotatable bonds is 7. The van der Waals surface area contributed by atoms with E-state index in [1.807, 2.05) is 55.1 Å². The first-order valence-electron chi connectivity index (χ1n) is 10.4. The van der Waals surface area contributed by atoms with E-state index in [4.69, 9.17) is 0 Å². The van der Waals surface area contributed by atoms with Crippen molar-refractivity contribution in [3.05, 3.63) is 59.7 Å². The molecule has 1 aliphatic rings. The molecule has 0 spiro atoms. The first-order valence-corrected chi connectivity index (χ1v) is 12.2. The third-order valence-corrected chi connectivity index (χ3v) is 6.59. The standard InChI is InChI=1S/C23H31N3O3S/c1-19-16-20(2)18-22(17-19)26(30(3,28)29)11-7-10-23(27)25-14-12-24(13-15-25)21-8-5-4-6-9-21/h4-6,8-9,16-18H,7,10-15H2,1-3H3. The van der Waals surface area contributed by atoms with Crippen LogP contribution in [-0.4, -0.2) is 58.2 Å². The summed E-state index contributed by atoms with van der Waals surface area (Å²) in [7, 11) is -3.41. The summed E-state index contributed by atoms with van der Waals surface area (Å²) in [6.07, 6.45) is 2.06. The Balaban J connectivity index is 1.54. The maximum atomic E-state index is 12.7. The van der Waals surface area contributed by atoms with Crippen molar-refractivity contribution in [2.45, 2.75) is 26.7 Å². The van der Waals surface area contributed by atoms with Gasteiger partial charge in [0.15, 0.2) is 0 Å². The zero-order valence-corrected chi connectivity index (χ0v) is 18.9. The summed E-state index contributed by atoms with van der Waals surface area (Å²) in [6, 6.07) is 16.0. The molecule has 162 valence electrons. The van der Waals surface area contributed by atoms with Crippen molar-refractivity contribution in [1.82, 2.24) is 4.90 Å². The van der Waals surface area contributed by atoms with Crippen LogP contribution in [0.2, 0.25) is 0 Å². The number of amides is 1. The van der Waals surface area contributed by atoms with Crippen LogP contribution in [0.5, 0.6) is 0 Å². The van der Waals surface area contributed by atoms with Crippen molar-refractivity contribution >= 4 is 27.3 Å². The number of piperazine rings is 1. The minimum absolute atomic E-state index is 0.0941. The zero-order chi connectivity index (χ0) is 21.7. The molecule has 7 heteroatoms. The van der Waals surface area contributed by atoms with Crippen molar-refractivity contribution in [2.24, 2.45) is 0 Å². The van der Waals surface area contributed by atoms with E-state index in [0.29, 0.717) is 38.2 Å². The highest BCUT2D eigenvalue weighted by atomic mass is 32.2. The fourth-order valence-corrected chi connectivity index (χ4v) is 4.92. The van der Waals surface area contributed by atoms with Gasteiger partial charge in [-0.3, -0.25) is 9.10 Å². The second-order valence-corrected chi connectivity index (χ2v) is 9.89. The number of anilines is 2. The summed E-state index contributed by atoms with van der Waals surface area (Å²) >= 11 is 0. The van der Waals surface area contributed by atoms with E-state index in [9.17, 15) is 13.2 Å². The van der Waals surface area contributed by atoms with Gasteiger partial charge in [0.25, 0.3) is 0 Å². The molecule has 0 N–H and O–H groups in total. The van der Waals surface area contributed by atoms with Crippen molar-refractivity contribution in [1.29, 1.82) is 0 Å². The molecule has 6 nitrogen and oxygen atoms in total. The molecule has 0 unspecified atom stereocenters. The predicted molar refractivity (Wildman–Crippen MR) is 123 cm³/mol. The zero-order valence-electron chi connectivity index (χ0n) is 18.0. The predicted octanol–water partition coefficient (Wildman–Crippen LogP) is 3.20. The highest BCUT2D eigenvalue weighted by molar-refractivity contribution is 7.92. The van der Waals surface area contributed by atoms with E-state index in [2.05, 4.69) is 17.0 Å². The summed E-state index contributed by atoms with van der Waals surface area (Å²) in [5.74, 6) is 0.0941. The number of para-hydroxylation sites is 1. The summed E-state index contributed by atoms with van der Waals surface area (Å²) < 4.78 is 26.1. The molecule has 0 saturated carbocycles. The maximum absolute atomic E-state index is 12.7. The first-order chi connectivity index (χ1) is 14.2. The lowest BCUT2D eigenvalue weighted by atomic mass is 10.1. The van der Waals surface area contributed by atoms with Crippen LogP contribution < -0.4 is 9.21 Å². The monoisotopic (exact) mass is 429 g/mol. The largest absolute Gasteiger partial charge is 0.368 e. The van der Waals surface area contributed by atoms with Crippen LogP contribution in [0.4, 0.5) is 11.4 Å². The molecule has 2 aromatic rings. The Hall–Kier alpha value is -2.54. The van der Waals surface area contributed by atoms with Gasteiger partial charge in [0.05, 0.1) is 11.9 Å². The number of hydrogen-bond donors (Lipinski definition) is 0. The molecule has 0 aliphatic carbocycles. The van der Waals surface area contributed by atoms with E-state index in [1.54, 1.807) is 0 Å². The van der Waals surface area contributed by atoms with Gasteiger partial charge >= 0.3 is 0 Å². The van der Waals surface area contributed by atoms with E-state index in [0.717, 1.165) is 24.2 Å². The Kier molecular flexibility index (Phi) is 7.02. The maximum Gasteiger partial charge on any atom is 0.232 e. The van der Waals surface area contributed by atoms with Crippen molar-refractivity contribution in [3.8, 4) is 0 Å². The van der Waals surface area contributed by atoms with Crippen LogP contribution in [-0.2, 0) is 14.8 Å². The van der Waals surface area contributed by atoms with Crippen LogP contribution in [0.25, 0.3) is 0 Å². The second kappa shape index (κ2) is 9.51. The number of benzene rings is 2. The van der Waals surface area contributed by atoms with Gasteiger partial charge in [0.1, 0.15) is 0 Å². The van der Waals surface area contributed by atoms with E-state index in [-0.39, 0.29) is 5.91 Å². The number of sulfonamides is 1. The molecule has 0 bridgehead atoms. The molecule has 0 atom stereocenters. The quantitative estimate of drug-likeness (QED) is 0.678. The molecular formula is C23H31N3O3S. The Labute approximate surface area is 180 Å². The summed E-state index contributed by atoms with van der Waals surface area (Å²) in [4.78, 5) is 16.8. The first kappa shape index (κ1) is 22.2. The summed E-state index contributed by atoms with van der Waals surface area (Å²) in [5.41, 5.74) is 3.89. The number of carbonyl (C=O) groups excluding carboxylic acids is 1. The normalized spacial score (nSPS) is 14.6. The minimum atomic E-state index is -3.41. The van der Waals surface area contributed by atoms with Gasteiger partial charge in [-0.2, -0.15) is 0 Å². The van der Waals surface area contributed by atoms with Gasteiger partial charge in [-0.15, -0.1) is 0 Å². The molecule has 1 amide bonds. The lowest BCUT2D eigenvalue weighted by Gasteiger charge is -2.36. The Morgan fingerprint density at radius 3 is 2.13 bits per heavy atom. The summed E-state index contributed by atoms with van der Waals surface area (Å²) in [6.45, 7) is 7.23. The fraction of sp³-hybridized carbons (Fsp3) is 0.435. The smallest absolute Gasteiger partial charge is 0.232 e. The van der Waals surface area contributed by atoms with E-state index < -0.39 is 10.0 Å². The fourth-order valence-electron chi connectivity index (χ4n) is 3.97. The molecule has 1 heterocycles. The van der Waals surface area contributed by atoms with E-state index >= 15 is 0 Å². The number of carbonyl (C=O) groups is 1. The van der Waals surface area contributed by atoms with E-state index in [1.165, 1.54) is 16.2 Å². The number of nitrogens with zero attached hydrogens (tertiary/aromatic N) is 3. The van der Waals surface area contributed by atoms with Gasteiger partial charge in [-0.25, -0.2) is 8.42 Å². The third kappa shape index (κ3) is 5.75. The third-order valence-electron chi connectivity index (χ3n) is 5.40. The second-order valence-electron chi connectivity index (χ2n) is 7.99. The SMILES string of the molecule is Cc1cc(C)cc(N(CCCC(=O)N2CCN(c3ccccc3)CC2)S(C)(=O)=O)c1. The lowest BCUT2D eigenvalue weighted by Crippen LogP contribution is -2.48. The molecule has 2 aromatic carbocycles. The Morgan fingerprint density at radius 2 is 1.57 bits per heavy atom. The van der Waals surface area contributed by atoms with Crippen LogP contribution in [0.3, 0.4) is 0 Å². The number of hydrogen-bond acceptors (Lipinski definition) is 4. The van der Waals surface area contributed by atoms with Crippen LogP contribution in [0.15, 0.2) is 48.5 Å². The van der Waals surface area contributed by atoms with Gasteiger partial charge in [0, 0.05) is 44.8 Å². The van der Waals surface area contributed by atoms with Crippen LogP contribution in [0, 0.1) is 13.8 Å². The van der Waals surface area contributed by atoms with Crippen LogP contribution >= 0.6 is 0 Å². The van der Waals surface area contributed by atoms with Gasteiger partial charge in [-0.1, -0.05) is 24.3 Å². The van der Waals surface area contributed by atoms with Crippen molar-refractivity contribution in [2.75, 3.05) is 48.2 Å². The molecule has 0 radical (unpaired) electrons. The molecule has 3 rings (SSSR count). The average Bonchev–Trinajstić information content (AvgIpc) is 2.70. The van der Waals surface area contributed by atoms with Gasteiger partial charge in [-0.05, 0) is 55.7 Å². The Morgan fingerprint density at radius 1 is 0.967 bits per heavy atom. The summed E-state index contributed by atoms with van der Waals surface area (Å²) in [5, 5.41) is 0. The Bertz CT molecular complexity index is 948. The van der Waals surface area contributed by atoms with Crippen molar-refractivity contribution in [3.63, 3.8) is 0 Å².